The second kappa shape index (κ2) is 7.17. The highest BCUT2D eigenvalue weighted by molar-refractivity contribution is 5.66. The number of carbonyl (C=O) groups excluding carboxylic acids is 1. The third-order valence-corrected chi connectivity index (χ3v) is 10.3. The van der Waals surface area contributed by atoms with Crippen molar-refractivity contribution in [1.29, 1.82) is 0 Å². The molecular formula is C26H42O2. The third kappa shape index (κ3) is 3.00. The van der Waals surface area contributed by atoms with E-state index < -0.39 is 0 Å². The maximum atomic E-state index is 12.0. The molecule has 3 unspecified atom stereocenters. The van der Waals surface area contributed by atoms with Crippen LogP contribution >= 0.6 is 0 Å². The van der Waals surface area contributed by atoms with Crippen molar-refractivity contribution in [3.05, 3.63) is 12.7 Å². The van der Waals surface area contributed by atoms with Crippen molar-refractivity contribution in [2.75, 3.05) is 0 Å². The fourth-order valence-electron chi connectivity index (χ4n) is 8.88. The molecule has 0 radical (unpaired) electrons. The molecule has 0 bridgehead atoms. The second-order valence-corrected chi connectivity index (χ2v) is 11.6. The molecule has 2 heteroatoms. The number of carbonyl (C=O) groups is 1. The van der Waals surface area contributed by atoms with E-state index in [0.717, 1.165) is 36.0 Å². The molecule has 4 aliphatic rings. The minimum Gasteiger partial charge on any atom is -0.462 e. The Kier molecular flexibility index (Phi) is 5.24. The molecular weight excluding hydrogens is 344 g/mol. The summed E-state index contributed by atoms with van der Waals surface area (Å²) in [6, 6.07) is 0. The molecule has 158 valence electrons. The molecule has 4 rings (SSSR count). The van der Waals surface area contributed by atoms with Gasteiger partial charge in [0.2, 0.25) is 0 Å². The van der Waals surface area contributed by atoms with Gasteiger partial charge in [0.1, 0.15) is 6.10 Å². The maximum absolute atomic E-state index is 12.0. The van der Waals surface area contributed by atoms with Crippen LogP contribution in [0.4, 0.5) is 0 Å². The van der Waals surface area contributed by atoms with Gasteiger partial charge in [0, 0.05) is 12.8 Å². The van der Waals surface area contributed by atoms with E-state index in [-0.39, 0.29) is 12.1 Å². The first-order valence-electron chi connectivity index (χ1n) is 12.0. The van der Waals surface area contributed by atoms with E-state index >= 15 is 0 Å². The molecule has 0 aromatic rings. The zero-order chi connectivity index (χ0) is 20.3. The molecule has 0 aromatic heterocycles. The van der Waals surface area contributed by atoms with Gasteiger partial charge in [0.05, 0.1) is 0 Å². The first-order valence-corrected chi connectivity index (χ1v) is 12.0. The van der Waals surface area contributed by atoms with Crippen LogP contribution in [0, 0.1) is 52.3 Å². The number of hydrogen-bond donors (Lipinski definition) is 0. The van der Waals surface area contributed by atoms with Gasteiger partial charge in [-0.05, 0) is 91.3 Å². The van der Waals surface area contributed by atoms with Crippen LogP contribution in [0.3, 0.4) is 0 Å². The van der Waals surface area contributed by atoms with Crippen molar-refractivity contribution >= 4 is 5.97 Å². The molecule has 0 heterocycles. The summed E-state index contributed by atoms with van der Waals surface area (Å²) in [5.74, 6) is 5.01. The van der Waals surface area contributed by atoms with E-state index in [1.807, 2.05) is 0 Å². The lowest BCUT2D eigenvalue weighted by Gasteiger charge is -2.62. The Morgan fingerprint density at radius 2 is 1.71 bits per heavy atom. The smallest absolute Gasteiger partial charge is 0.302 e. The van der Waals surface area contributed by atoms with Gasteiger partial charge in [-0.3, -0.25) is 4.79 Å². The van der Waals surface area contributed by atoms with E-state index in [0.29, 0.717) is 22.7 Å². The summed E-state index contributed by atoms with van der Waals surface area (Å²) in [5.41, 5.74) is 0.805. The number of fused-ring (bicyclic) bond motifs is 5. The molecule has 0 aromatic carbocycles. The minimum atomic E-state index is -0.0767. The molecule has 0 saturated heterocycles. The lowest BCUT2D eigenvalue weighted by Crippen LogP contribution is -2.58. The average molecular weight is 387 g/mol. The van der Waals surface area contributed by atoms with Gasteiger partial charge in [0.15, 0.2) is 0 Å². The van der Waals surface area contributed by atoms with E-state index in [2.05, 4.69) is 40.3 Å². The van der Waals surface area contributed by atoms with Gasteiger partial charge in [-0.1, -0.05) is 40.2 Å². The summed E-state index contributed by atoms with van der Waals surface area (Å²) in [5, 5.41) is 0. The maximum Gasteiger partial charge on any atom is 0.302 e. The van der Waals surface area contributed by atoms with E-state index in [1.165, 1.54) is 44.9 Å². The van der Waals surface area contributed by atoms with Gasteiger partial charge < -0.3 is 4.74 Å². The summed E-state index contributed by atoms with van der Waals surface area (Å²) in [4.78, 5) is 12.0. The van der Waals surface area contributed by atoms with Crippen LogP contribution in [0.25, 0.3) is 0 Å². The third-order valence-electron chi connectivity index (χ3n) is 10.3. The van der Waals surface area contributed by atoms with Gasteiger partial charge in [0.25, 0.3) is 0 Å². The molecule has 10 atom stereocenters. The summed E-state index contributed by atoms with van der Waals surface area (Å²) in [6.45, 7) is 15.6. The fraction of sp³-hybridized carbons (Fsp3) is 0.885. The van der Waals surface area contributed by atoms with Gasteiger partial charge in [-0.15, -0.1) is 6.58 Å². The van der Waals surface area contributed by atoms with Crippen molar-refractivity contribution in [2.45, 2.75) is 92.1 Å². The first-order chi connectivity index (χ1) is 13.2. The molecule has 0 N–H and O–H groups in total. The number of ether oxygens (including phenoxy) is 1. The summed E-state index contributed by atoms with van der Waals surface area (Å²) >= 11 is 0. The van der Waals surface area contributed by atoms with Crippen molar-refractivity contribution in [3.8, 4) is 0 Å². The zero-order valence-corrected chi connectivity index (χ0v) is 18.9. The van der Waals surface area contributed by atoms with Crippen molar-refractivity contribution in [1.82, 2.24) is 0 Å². The Bertz CT molecular complexity index is 626. The Labute approximate surface area is 172 Å². The topological polar surface area (TPSA) is 26.3 Å². The standard InChI is InChI=1S/C26H42O2/c1-7-17(3)20-8-9-21-19-15-24(28-18(4)27)23-14-16(2)10-12-26(23,6)22(19)11-13-25(20,21)5/h7,16-17,19-24H,1,8-15H2,2-6H3/t16-,17-,19?,20-,21?,22?,23+,24+,25-,26-/m1/s1. The highest BCUT2D eigenvalue weighted by Crippen LogP contribution is 2.68. The van der Waals surface area contributed by atoms with Crippen LogP contribution < -0.4 is 0 Å². The summed E-state index contributed by atoms with van der Waals surface area (Å²) in [7, 11) is 0. The summed E-state index contributed by atoms with van der Waals surface area (Å²) < 4.78 is 6.04. The van der Waals surface area contributed by atoms with Gasteiger partial charge in [-0.2, -0.15) is 0 Å². The van der Waals surface area contributed by atoms with Crippen LogP contribution in [0.1, 0.15) is 86.0 Å². The highest BCUT2D eigenvalue weighted by atomic mass is 16.5. The van der Waals surface area contributed by atoms with E-state index in [1.54, 1.807) is 6.92 Å². The molecule has 0 amide bonds. The normalized spacial score (nSPS) is 51.4. The second-order valence-electron chi connectivity index (χ2n) is 11.6. The Hall–Kier alpha value is -0.790. The largest absolute Gasteiger partial charge is 0.462 e. The molecule has 0 spiro atoms. The fourth-order valence-corrected chi connectivity index (χ4v) is 8.88. The minimum absolute atomic E-state index is 0.0767. The molecule has 28 heavy (non-hydrogen) atoms. The van der Waals surface area contributed by atoms with Gasteiger partial charge >= 0.3 is 5.97 Å². The molecule has 4 saturated carbocycles. The van der Waals surface area contributed by atoms with Crippen LogP contribution in [0.5, 0.6) is 0 Å². The first kappa shape index (κ1) is 20.5. The lowest BCUT2D eigenvalue weighted by atomic mass is 9.43. The van der Waals surface area contributed by atoms with Crippen molar-refractivity contribution in [2.24, 2.45) is 52.3 Å². The van der Waals surface area contributed by atoms with Crippen LogP contribution in [-0.4, -0.2) is 12.1 Å². The molecule has 0 aliphatic heterocycles. The SMILES string of the molecule is C=C[C@@H](C)[C@H]1CCC2C3C[C@H](OC(C)=O)[C@@H]4C[C@H](C)CC[C@]4(C)C3CC[C@@]21C. The predicted molar refractivity (Wildman–Crippen MR) is 115 cm³/mol. The Morgan fingerprint density at radius 1 is 1.04 bits per heavy atom. The lowest BCUT2D eigenvalue weighted by molar-refractivity contribution is -0.188. The number of hydrogen-bond acceptors (Lipinski definition) is 2. The molecule has 4 aliphatic carbocycles. The highest BCUT2D eigenvalue weighted by Gasteiger charge is 2.62. The average Bonchev–Trinajstić information content (AvgIpc) is 2.99. The van der Waals surface area contributed by atoms with Crippen LogP contribution in [0.15, 0.2) is 12.7 Å². The zero-order valence-electron chi connectivity index (χ0n) is 18.9. The summed E-state index contributed by atoms with van der Waals surface area (Å²) in [6.07, 6.45) is 12.9. The number of rotatable bonds is 3. The van der Waals surface area contributed by atoms with Crippen molar-refractivity contribution in [3.63, 3.8) is 0 Å². The van der Waals surface area contributed by atoms with E-state index in [4.69, 9.17) is 4.74 Å². The monoisotopic (exact) mass is 386 g/mol. The van der Waals surface area contributed by atoms with Crippen molar-refractivity contribution < 1.29 is 9.53 Å². The quantitative estimate of drug-likeness (QED) is 0.401. The Balaban J connectivity index is 1.67. The van der Waals surface area contributed by atoms with E-state index in [9.17, 15) is 4.79 Å². The molecule has 2 nitrogen and oxygen atoms in total. The number of esters is 1. The van der Waals surface area contributed by atoms with Crippen LogP contribution in [-0.2, 0) is 9.53 Å². The van der Waals surface area contributed by atoms with Gasteiger partial charge in [-0.25, -0.2) is 0 Å². The predicted octanol–water partition coefficient (Wildman–Crippen LogP) is 6.65. The number of allylic oxidation sites excluding steroid dienone is 1. The van der Waals surface area contributed by atoms with Crippen LogP contribution in [0.2, 0.25) is 0 Å². The Morgan fingerprint density at radius 3 is 2.39 bits per heavy atom. The molecule has 4 fully saturated rings.